The van der Waals surface area contributed by atoms with Gasteiger partial charge in [-0.25, -0.2) is 8.42 Å². The van der Waals surface area contributed by atoms with Gasteiger partial charge < -0.3 is 5.32 Å². The number of halogens is 1. The standard InChI is InChI=1S/C30H35ClN2O3S2/c1-4-25(16-23-9-6-5-7-10-23)32-30(34)28-18-27(38(35,36)33-19-21(2)15-22(3)20-33)13-14-29(28)37-26-12-8-11-24(31)17-26/h5-14,17-18,21-22,25H,4,15-16,19-20H2,1-3H3,(H,32,34)/t21-,22+,25-/m1/s1. The van der Waals surface area contributed by atoms with Gasteiger partial charge >= 0.3 is 0 Å². The van der Waals surface area contributed by atoms with Crippen LogP contribution in [0.5, 0.6) is 0 Å². The molecule has 3 aromatic rings. The van der Waals surface area contributed by atoms with Crippen molar-refractivity contribution in [1.82, 2.24) is 9.62 Å². The van der Waals surface area contributed by atoms with Crippen LogP contribution >= 0.6 is 23.4 Å². The van der Waals surface area contributed by atoms with Crippen LogP contribution in [0.25, 0.3) is 0 Å². The maximum atomic E-state index is 13.7. The number of sulfonamides is 1. The fraction of sp³-hybridized carbons (Fsp3) is 0.367. The van der Waals surface area contributed by atoms with E-state index in [1.165, 1.54) is 17.8 Å². The molecule has 0 spiro atoms. The monoisotopic (exact) mass is 570 g/mol. The van der Waals surface area contributed by atoms with E-state index >= 15 is 0 Å². The van der Waals surface area contributed by atoms with E-state index in [9.17, 15) is 13.2 Å². The summed E-state index contributed by atoms with van der Waals surface area (Å²) in [6.45, 7) is 7.18. The van der Waals surface area contributed by atoms with Crippen LogP contribution in [0.15, 0.2) is 87.5 Å². The summed E-state index contributed by atoms with van der Waals surface area (Å²) < 4.78 is 28.9. The Kier molecular flexibility index (Phi) is 9.58. The number of amides is 1. The molecule has 5 nitrogen and oxygen atoms in total. The molecule has 4 rings (SSSR count). The van der Waals surface area contributed by atoms with Crippen LogP contribution in [0.4, 0.5) is 0 Å². The summed E-state index contributed by atoms with van der Waals surface area (Å²) in [6.07, 6.45) is 2.45. The number of rotatable bonds is 9. The lowest BCUT2D eigenvalue weighted by molar-refractivity contribution is 0.0932. The zero-order valence-electron chi connectivity index (χ0n) is 22.1. The van der Waals surface area contributed by atoms with Crippen LogP contribution in [-0.2, 0) is 16.4 Å². The molecule has 0 aliphatic carbocycles. The molecule has 1 amide bonds. The van der Waals surface area contributed by atoms with Gasteiger partial charge in [-0.1, -0.05) is 80.5 Å². The lowest BCUT2D eigenvalue weighted by Crippen LogP contribution is -2.42. The van der Waals surface area contributed by atoms with Crippen molar-refractivity contribution in [1.29, 1.82) is 0 Å². The van der Waals surface area contributed by atoms with E-state index in [2.05, 4.69) is 19.2 Å². The first-order valence-electron chi connectivity index (χ1n) is 13.1. The van der Waals surface area contributed by atoms with Gasteiger partial charge in [-0.05, 0) is 73.1 Å². The van der Waals surface area contributed by atoms with Crippen molar-refractivity contribution in [3.8, 4) is 0 Å². The Balaban J connectivity index is 1.67. The molecule has 3 aromatic carbocycles. The van der Waals surface area contributed by atoms with Gasteiger partial charge in [-0.3, -0.25) is 4.79 Å². The summed E-state index contributed by atoms with van der Waals surface area (Å²) >= 11 is 7.59. The highest BCUT2D eigenvalue weighted by Gasteiger charge is 2.32. The zero-order chi connectivity index (χ0) is 27.3. The zero-order valence-corrected chi connectivity index (χ0v) is 24.5. The van der Waals surface area contributed by atoms with Gasteiger partial charge in [0.1, 0.15) is 0 Å². The number of carbonyl (C=O) groups is 1. The second-order valence-electron chi connectivity index (χ2n) is 10.3. The van der Waals surface area contributed by atoms with Crippen molar-refractivity contribution >= 4 is 39.3 Å². The number of piperidine rings is 1. The topological polar surface area (TPSA) is 66.5 Å². The van der Waals surface area contributed by atoms with Crippen LogP contribution in [0.3, 0.4) is 0 Å². The Hall–Kier alpha value is -2.32. The van der Waals surface area contributed by atoms with E-state index in [1.54, 1.807) is 22.5 Å². The maximum absolute atomic E-state index is 13.7. The molecule has 1 saturated heterocycles. The molecule has 8 heteroatoms. The van der Waals surface area contributed by atoms with E-state index in [0.29, 0.717) is 35.0 Å². The van der Waals surface area contributed by atoms with Crippen LogP contribution in [0, 0.1) is 11.8 Å². The molecule has 0 bridgehead atoms. The lowest BCUT2D eigenvalue weighted by Gasteiger charge is -2.34. The number of hydrogen-bond acceptors (Lipinski definition) is 4. The first-order chi connectivity index (χ1) is 18.2. The van der Waals surface area contributed by atoms with E-state index < -0.39 is 10.0 Å². The van der Waals surface area contributed by atoms with Crippen LogP contribution in [0.2, 0.25) is 5.02 Å². The van der Waals surface area contributed by atoms with Crippen LogP contribution < -0.4 is 5.32 Å². The van der Waals surface area contributed by atoms with Crippen LogP contribution in [-0.4, -0.2) is 37.8 Å². The van der Waals surface area contributed by atoms with Crippen molar-refractivity contribution in [2.75, 3.05) is 13.1 Å². The van der Waals surface area contributed by atoms with Gasteiger partial charge in [0.25, 0.3) is 5.91 Å². The number of hydrogen-bond donors (Lipinski definition) is 1. The van der Waals surface area contributed by atoms with Crippen molar-refractivity contribution in [2.24, 2.45) is 11.8 Å². The smallest absolute Gasteiger partial charge is 0.252 e. The molecule has 0 aromatic heterocycles. The van der Waals surface area contributed by atoms with Gasteiger partial charge in [0.2, 0.25) is 10.0 Å². The highest BCUT2D eigenvalue weighted by Crippen LogP contribution is 2.35. The minimum absolute atomic E-state index is 0.0852. The molecule has 1 aliphatic rings. The third kappa shape index (κ3) is 7.20. The average molecular weight is 571 g/mol. The predicted octanol–water partition coefficient (Wildman–Crippen LogP) is 6.91. The molecule has 3 atom stereocenters. The number of benzene rings is 3. The molecule has 38 heavy (non-hydrogen) atoms. The van der Waals surface area contributed by atoms with Crippen molar-refractivity contribution < 1.29 is 13.2 Å². The first kappa shape index (κ1) is 28.7. The third-order valence-corrected chi connectivity index (χ3v) is 9.97. The van der Waals surface area contributed by atoms with Crippen LogP contribution in [0.1, 0.15) is 49.5 Å². The summed E-state index contributed by atoms with van der Waals surface area (Å²) in [7, 11) is -3.74. The highest BCUT2D eigenvalue weighted by atomic mass is 35.5. The van der Waals surface area contributed by atoms with E-state index in [0.717, 1.165) is 23.3 Å². The number of carbonyl (C=O) groups excluding carboxylic acids is 1. The van der Waals surface area contributed by atoms with Gasteiger partial charge in [-0.2, -0.15) is 4.31 Å². The molecule has 1 aliphatic heterocycles. The normalized spacial score (nSPS) is 19.2. The van der Waals surface area contributed by atoms with Gasteiger partial charge in [0, 0.05) is 33.9 Å². The Labute approximate surface area is 236 Å². The minimum atomic E-state index is -3.74. The van der Waals surface area contributed by atoms with Gasteiger partial charge in [0.05, 0.1) is 10.5 Å². The Bertz CT molecular complexity index is 1350. The maximum Gasteiger partial charge on any atom is 0.252 e. The lowest BCUT2D eigenvalue weighted by atomic mass is 9.94. The van der Waals surface area contributed by atoms with E-state index in [-0.39, 0.29) is 28.7 Å². The summed E-state index contributed by atoms with van der Waals surface area (Å²) in [5, 5.41) is 3.75. The third-order valence-electron chi connectivity index (χ3n) is 6.85. The highest BCUT2D eigenvalue weighted by molar-refractivity contribution is 7.99. The molecular weight excluding hydrogens is 536 g/mol. The van der Waals surface area contributed by atoms with E-state index in [1.807, 2.05) is 55.5 Å². The summed E-state index contributed by atoms with van der Waals surface area (Å²) in [5.74, 6) is 0.296. The molecule has 0 radical (unpaired) electrons. The summed E-state index contributed by atoms with van der Waals surface area (Å²) in [6, 6.07) is 22.2. The fourth-order valence-electron chi connectivity index (χ4n) is 5.00. The molecular formula is C30H35ClN2O3S2. The fourth-order valence-corrected chi connectivity index (χ4v) is 7.95. The summed E-state index contributed by atoms with van der Waals surface area (Å²) in [5.41, 5.74) is 1.48. The van der Waals surface area contributed by atoms with Crippen molar-refractivity contribution in [2.45, 2.75) is 60.8 Å². The van der Waals surface area contributed by atoms with Gasteiger partial charge in [0.15, 0.2) is 0 Å². The minimum Gasteiger partial charge on any atom is -0.349 e. The molecule has 1 fully saturated rings. The van der Waals surface area contributed by atoms with Crippen molar-refractivity contribution in [3.05, 3.63) is 88.9 Å². The molecule has 1 N–H and O–H groups in total. The van der Waals surface area contributed by atoms with Crippen molar-refractivity contribution in [3.63, 3.8) is 0 Å². The largest absolute Gasteiger partial charge is 0.349 e. The second-order valence-corrected chi connectivity index (χ2v) is 13.7. The Morgan fingerprint density at radius 3 is 2.39 bits per heavy atom. The van der Waals surface area contributed by atoms with E-state index in [4.69, 9.17) is 11.6 Å². The molecule has 202 valence electrons. The molecule has 0 saturated carbocycles. The quantitative estimate of drug-likeness (QED) is 0.303. The number of nitrogens with zero attached hydrogens (tertiary/aromatic N) is 1. The molecule has 1 heterocycles. The average Bonchev–Trinajstić information content (AvgIpc) is 2.88. The molecule has 0 unspecified atom stereocenters. The predicted molar refractivity (Wildman–Crippen MR) is 155 cm³/mol. The second kappa shape index (κ2) is 12.7. The van der Waals surface area contributed by atoms with Gasteiger partial charge in [-0.15, -0.1) is 0 Å². The Morgan fingerprint density at radius 2 is 1.74 bits per heavy atom. The SMILES string of the molecule is CC[C@H](Cc1ccccc1)NC(=O)c1cc(S(=O)(=O)N2C[C@H](C)C[C@H](C)C2)ccc1Sc1cccc(Cl)c1. The first-order valence-corrected chi connectivity index (χ1v) is 15.7. The number of nitrogens with one attached hydrogen (secondary N) is 1. The summed E-state index contributed by atoms with van der Waals surface area (Å²) in [4.78, 5) is 15.4. The Morgan fingerprint density at radius 1 is 1.03 bits per heavy atom.